The van der Waals surface area contributed by atoms with Crippen molar-refractivity contribution in [2.45, 2.75) is 74.4 Å². The van der Waals surface area contributed by atoms with Crippen molar-refractivity contribution in [3.63, 3.8) is 0 Å². The molecule has 8 nitrogen and oxygen atoms in total. The van der Waals surface area contributed by atoms with Gasteiger partial charge >= 0.3 is 0 Å². The number of carbonyl (C=O) groups is 2. The minimum atomic E-state index is -4.20. The molecule has 0 heterocycles. The van der Waals surface area contributed by atoms with E-state index in [-0.39, 0.29) is 29.1 Å². The van der Waals surface area contributed by atoms with E-state index < -0.39 is 28.5 Å². The number of hydrogen-bond donors (Lipinski definition) is 1. The first-order chi connectivity index (χ1) is 20.8. The van der Waals surface area contributed by atoms with Gasteiger partial charge in [0.05, 0.1) is 17.2 Å². The highest BCUT2D eigenvalue weighted by molar-refractivity contribution is 7.98. The molecule has 4 rings (SSSR count). The second kappa shape index (κ2) is 15.3. The predicted molar refractivity (Wildman–Crippen MR) is 172 cm³/mol. The molecule has 3 aromatic carbocycles. The van der Waals surface area contributed by atoms with Gasteiger partial charge in [-0.1, -0.05) is 62.2 Å². The molecule has 1 N–H and O–H groups in total. The lowest BCUT2D eigenvalue weighted by atomic mass is 10.1. The third kappa shape index (κ3) is 8.12. The lowest BCUT2D eigenvalue weighted by Gasteiger charge is -2.34. The number of nitrogens with zero attached hydrogens (tertiary/aromatic N) is 2. The van der Waals surface area contributed by atoms with Gasteiger partial charge in [-0.05, 0) is 74.4 Å². The Balaban J connectivity index is 1.74. The Morgan fingerprint density at radius 2 is 1.60 bits per heavy atom. The van der Waals surface area contributed by atoms with Crippen LogP contribution in [0.5, 0.6) is 5.75 Å². The Bertz CT molecular complexity index is 1460. The molecule has 10 heteroatoms. The van der Waals surface area contributed by atoms with Crippen molar-refractivity contribution in [3.8, 4) is 5.75 Å². The van der Waals surface area contributed by atoms with Gasteiger partial charge in [-0.3, -0.25) is 13.9 Å². The summed E-state index contributed by atoms with van der Waals surface area (Å²) in [5, 5.41) is 3.14. The van der Waals surface area contributed by atoms with Crippen molar-refractivity contribution in [1.82, 2.24) is 10.2 Å². The van der Waals surface area contributed by atoms with E-state index in [1.807, 2.05) is 50.4 Å². The smallest absolute Gasteiger partial charge is 0.264 e. The van der Waals surface area contributed by atoms with Gasteiger partial charge in [0, 0.05) is 17.5 Å². The second-order valence-corrected chi connectivity index (χ2v) is 13.3. The number of benzene rings is 3. The summed E-state index contributed by atoms with van der Waals surface area (Å²) >= 11 is 1.51. The average Bonchev–Trinajstić information content (AvgIpc) is 3.53. The monoisotopic (exact) mass is 623 g/mol. The van der Waals surface area contributed by atoms with Crippen LogP contribution in [0.1, 0.15) is 51.5 Å². The minimum Gasteiger partial charge on any atom is -0.492 e. The molecular formula is C33H41N3O5S2. The third-order valence-electron chi connectivity index (χ3n) is 7.64. The van der Waals surface area contributed by atoms with Gasteiger partial charge in [0.25, 0.3) is 10.0 Å². The highest BCUT2D eigenvalue weighted by Crippen LogP contribution is 2.33. The molecule has 1 saturated carbocycles. The number of carbonyl (C=O) groups excluding carboxylic acids is 2. The zero-order valence-corrected chi connectivity index (χ0v) is 26.7. The first kappa shape index (κ1) is 32.4. The lowest BCUT2D eigenvalue weighted by molar-refractivity contribution is -0.140. The first-order valence-electron chi connectivity index (χ1n) is 14.8. The van der Waals surface area contributed by atoms with Crippen molar-refractivity contribution in [1.29, 1.82) is 0 Å². The standard InChI is InChI=1S/C33H41N3O5S2/c1-4-29(33(38)34-26-15-9-10-16-26)35(23-25-13-7-6-8-14-25)32(37)24-36(30-17-11-12-18-31(30)41-5-2)43(39,40)28-21-19-27(42-3)20-22-28/h6-8,11-14,17-22,26,29H,4-5,9-10,15-16,23-24H2,1-3H3,(H,34,38). The van der Waals surface area contributed by atoms with Crippen molar-refractivity contribution in [2.24, 2.45) is 0 Å². The molecule has 0 aliphatic heterocycles. The molecule has 2 amide bonds. The fraction of sp³-hybridized carbons (Fsp3) is 0.394. The Morgan fingerprint density at radius 1 is 0.953 bits per heavy atom. The second-order valence-electron chi connectivity index (χ2n) is 10.5. The fourth-order valence-corrected chi connectivity index (χ4v) is 7.23. The summed E-state index contributed by atoms with van der Waals surface area (Å²) in [6, 6.07) is 22.2. The first-order valence-corrected chi connectivity index (χ1v) is 17.5. The molecule has 0 bridgehead atoms. The fourth-order valence-electron chi connectivity index (χ4n) is 5.40. The van der Waals surface area contributed by atoms with Gasteiger partial charge in [-0.25, -0.2) is 8.42 Å². The van der Waals surface area contributed by atoms with Gasteiger partial charge < -0.3 is 15.0 Å². The van der Waals surface area contributed by atoms with E-state index in [4.69, 9.17) is 4.74 Å². The maximum atomic E-state index is 14.3. The molecule has 0 radical (unpaired) electrons. The van der Waals surface area contributed by atoms with Crippen LogP contribution in [0.15, 0.2) is 88.7 Å². The Kier molecular flexibility index (Phi) is 11.5. The Labute approximate surface area is 259 Å². The SMILES string of the molecule is CCOc1ccccc1N(CC(=O)N(Cc1ccccc1)C(CC)C(=O)NC1CCCC1)S(=O)(=O)c1ccc(SC)cc1. The molecule has 1 unspecified atom stereocenters. The summed E-state index contributed by atoms with van der Waals surface area (Å²) in [7, 11) is -4.20. The van der Waals surface area contributed by atoms with Crippen LogP contribution in [0.3, 0.4) is 0 Å². The predicted octanol–water partition coefficient (Wildman–Crippen LogP) is 5.87. The molecule has 0 saturated heterocycles. The van der Waals surface area contributed by atoms with Crippen molar-refractivity contribution in [2.75, 3.05) is 23.7 Å². The van der Waals surface area contributed by atoms with Crippen molar-refractivity contribution in [3.05, 3.63) is 84.4 Å². The summed E-state index contributed by atoms with van der Waals surface area (Å²) < 4.78 is 35.4. The Hall–Kier alpha value is -3.50. The van der Waals surface area contributed by atoms with Crippen LogP contribution in [0.25, 0.3) is 0 Å². The average molecular weight is 624 g/mol. The molecule has 1 aliphatic carbocycles. The van der Waals surface area contributed by atoms with Crippen LogP contribution in [0.2, 0.25) is 0 Å². The molecule has 1 aliphatic rings. The molecule has 3 aromatic rings. The highest BCUT2D eigenvalue weighted by Gasteiger charge is 2.35. The summed E-state index contributed by atoms with van der Waals surface area (Å²) in [5.41, 5.74) is 1.11. The van der Waals surface area contributed by atoms with E-state index in [1.54, 1.807) is 48.5 Å². The number of para-hydroxylation sites is 2. The lowest BCUT2D eigenvalue weighted by Crippen LogP contribution is -2.53. The van der Waals surface area contributed by atoms with Crippen molar-refractivity contribution >= 4 is 39.3 Å². The number of anilines is 1. The highest BCUT2D eigenvalue weighted by atomic mass is 32.2. The molecule has 0 aromatic heterocycles. The van der Waals surface area contributed by atoms with E-state index in [0.717, 1.165) is 40.4 Å². The number of rotatable bonds is 14. The van der Waals surface area contributed by atoms with Gasteiger partial charge in [0.15, 0.2) is 0 Å². The van der Waals surface area contributed by atoms with E-state index in [0.29, 0.717) is 18.8 Å². The minimum absolute atomic E-state index is 0.0602. The van der Waals surface area contributed by atoms with E-state index in [1.165, 1.54) is 16.7 Å². The van der Waals surface area contributed by atoms with Crippen LogP contribution in [0.4, 0.5) is 5.69 Å². The number of amides is 2. The molecular weight excluding hydrogens is 583 g/mol. The number of thioether (sulfide) groups is 1. The van der Waals surface area contributed by atoms with Crippen LogP contribution >= 0.6 is 11.8 Å². The zero-order chi connectivity index (χ0) is 30.8. The Morgan fingerprint density at radius 3 is 2.23 bits per heavy atom. The summed E-state index contributed by atoms with van der Waals surface area (Å²) in [6.07, 6.45) is 6.28. The maximum absolute atomic E-state index is 14.3. The molecule has 0 spiro atoms. The zero-order valence-electron chi connectivity index (χ0n) is 25.1. The maximum Gasteiger partial charge on any atom is 0.264 e. The van der Waals surface area contributed by atoms with Crippen LogP contribution in [-0.4, -0.2) is 56.6 Å². The topological polar surface area (TPSA) is 96.0 Å². The van der Waals surface area contributed by atoms with E-state index in [2.05, 4.69) is 5.32 Å². The molecule has 230 valence electrons. The summed E-state index contributed by atoms with van der Waals surface area (Å²) in [5.74, 6) is -0.342. The largest absolute Gasteiger partial charge is 0.492 e. The van der Waals surface area contributed by atoms with Gasteiger partial charge in [-0.2, -0.15) is 0 Å². The van der Waals surface area contributed by atoms with E-state index in [9.17, 15) is 18.0 Å². The van der Waals surface area contributed by atoms with Crippen LogP contribution in [-0.2, 0) is 26.2 Å². The summed E-state index contributed by atoms with van der Waals surface area (Å²) in [6.45, 7) is 3.67. The van der Waals surface area contributed by atoms with Gasteiger partial charge in [0.1, 0.15) is 18.3 Å². The normalized spacial score (nSPS) is 14.2. The number of hydrogen-bond acceptors (Lipinski definition) is 6. The van der Waals surface area contributed by atoms with Crippen LogP contribution < -0.4 is 14.4 Å². The molecule has 43 heavy (non-hydrogen) atoms. The number of sulfonamides is 1. The quantitative estimate of drug-likeness (QED) is 0.226. The van der Waals surface area contributed by atoms with E-state index >= 15 is 0 Å². The molecule has 1 fully saturated rings. The third-order valence-corrected chi connectivity index (χ3v) is 10.2. The van der Waals surface area contributed by atoms with Gasteiger partial charge in [0.2, 0.25) is 11.8 Å². The summed E-state index contributed by atoms with van der Waals surface area (Å²) in [4.78, 5) is 30.4. The number of ether oxygens (including phenoxy) is 1. The van der Waals surface area contributed by atoms with Gasteiger partial charge in [-0.15, -0.1) is 11.8 Å². The molecule has 1 atom stereocenters. The number of nitrogens with one attached hydrogen (secondary N) is 1. The van der Waals surface area contributed by atoms with Crippen molar-refractivity contribution < 1.29 is 22.7 Å². The van der Waals surface area contributed by atoms with Crippen LogP contribution in [0, 0.1) is 0 Å².